The average Bonchev–Trinajstić information content (AvgIpc) is 2.21. The summed E-state index contributed by atoms with van der Waals surface area (Å²) in [6.07, 6.45) is 8.60. The normalized spacial score (nSPS) is 15.2. The van der Waals surface area contributed by atoms with Gasteiger partial charge in [-0.15, -0.1) is 0 Å². The second kappa shape index (κ2) is 3.17. The molecule has 0 saturated heterocycles. The van der Waals surface area contributed by atoms with E-state index in [9.17, 15) is 0 Å². The Hall–Kier alpha value is -1.64. The van der Waals surface area contributed by atoms with Crippen molar-refractivity contribution in [3.05, 3.63) is 49.3 Å². The summed E-state index contributed by atoms with van der Waals surface area (Å²) < 4.78 is 5.00. The molecule has 2 rings (SSSR count). The van der Waals surface area contributed by atoms with Gasteiger partial charge in [-0.2, -0.15) is 0 Å². The maximum atomic E-state index is 5.00. The molecule has 3 heteroatoms. The summed E-state index contributed by atoms with van der Waals surface area (Å²) in [4.78, 5) is 7.91. The average molecular weight is 159 g/mol. The number of hydrogen-bond acceptors (Lipinski definition) is 3. The number of nitrogens with zero attached hydrogens (tertiary/aromatic N) is 2. The van der Waals surface area contributed by atoms with Crippen LogP contribution in [0.2, 0.25) is 0 Å². The first-order valence-electron chi connectivity index (χ1n) is 3.59. The Morgan fingerprint density at radius 3 is 3.00 bits per heavy atom. The first-order chi connectivity index (χ1) is 5.97. The highest BCUT2D eigenvalue weighted by Crippen LogP contribution is 2.17. The van der Waals surface area contributed by atoms with E-state index in [1.807, 2.05) is 18.2 Å². The van der Waals surface area contributed by atoms with Gasteiger partial charge in [-0.1, -0.05) is 0 Å². The van der Waals surface area contributed by atoms with Crippen molar-refractivity contribution < 1.29 is 4.74 Å². The van der Waals surface area contributed by atoms with Crippen LogP contribution in [0.15, 0.2) is 37.0 Å². The molecule has 2 heterocycles. The lowest BCUT2D eigenvalue weighted by Gasteiger charge is -2.07. The molecule has 0 unspecified atom stereocenters. The molecule has 0 fully saturated rings. The van der Waals surface area contributed by atoms with Crippen LogP contribution in [0.5, 0.6) is 0 Å². The minimum Gasteiger partial charge on any atom is -0.489 e. The van der Waals surface area contributed by atoms with Gasteiger partial charge in [0.1, 0.15) is 6.33 Å². The first kappa shape index (κ1) is 7.03. The first-order valence-corrected chi connectivity index (χ1v) is 3.59. The zero-order chi connectivity index (χ0) is 8.23. The monoisotopic (exact) mass is 159 g/mol. The second-order valence-electron chi connectivity index (χ2n) is 2.30. The minimum atomic E-state index is 0.870. The number of allylic oxidation sites excluding steroid dienone is 2. The van der Waals surface area contributed by atoms with Gasteiger partial charge >= 0.3 is 0 Å². The molecular formula is C9H7N2O. The van der Waals surface area contributed by atoms with Crippen LogP contribution in [0.4, 0.5) is 0 Å². The van der Waals surface area contributed by atoms with Crippen LogP contribution in [0.25, 0.3) is 5.57 Å². The molecule has 0 bridgehead atoms. The predicted molar refractivity (Wildman–Crippen MR) is 44.5 cm³/mol. The minimum absolute atomic E-state index is 0.870. The van der Waals surface area contributed by atoms with Gasteiger partial charge in [-0.05, 0) is 18.2 Å². The Morgan fingerprint density at radius 1 is 1.33 bits per heavy atom. The molecule has 0 amide bonds. The van der Waals surface area contributed by atoms with Crippen molar-refractivity contribution in [1.82, 2.24) is 9.97 Å². The zero-order valence-electron chi connectivity index (χ0n) is 6.34. The lowest BCUT2D eigenvalue weighted by molar-refractivity contribution is 0.359. The number of aromatic nitrogens is 2. The van der Waals surface area contributed by atoms with Crippen molar-refractivity contribution in [3.8, 4) is 0 Å². The van der Waals surface area contributed by atoms with E-state index in [1.54, 1.807) is 19.1 Å². The van der Waals surface area contributed by atoms with Crippen molar-refractivity contribution in [1.29, 1.82) is 0 Å². The Kier molecular flexibility index (Phi) is 1.86. The summed E-state index contributed by atoms with van der Waals surface area (Å²) in [6.45, 7) is 1.66. The van der Waals surface area contributed by atoms with Crippen LogP contribution in [-0.2, 0) is 4.74 Å². The molecule has 0 aromatic carbocycles. The fraction of sp³-hybridized carbons (Fsp3) is 0. The molecule has 3 nitrogen and oxygen atoms in total. The molecule has 59 valence electrons. The SMILES string of the molecule is [CH]1OC=CC=C1c1ccncn1. The van der Waals surface area contributed by atoms with Crippen LogP contribution in [0.1, 0.15) is 5.69 Å². The standard InChI is InChI=1S/C9H7N2O/c1-2-8(6-12-5-1)9-3-4-10-7-11-9/h1-7H. The fourth-order valence-electron chi connectivity index (χ4n) is 0.947. The van der Waals surface area contributed by atoms with E-state index in [-0.39, 0.29) is 0 Å². The maximum Gasteiger partial charge on any atom is 0.166 e. The highest BCUT2D eigenvalue weighted by molar-refractivity contribution is 5.69. The molecule has 1 aromatic heterocycles. The number of hydrogen-bond donors (Lipinski definition) is 0. The van der Waals surface area contributed by atoms with Crippen LogP contribution in [0.3, 0.4) is 0 Å². The van der Waals surface area contributed by atoms with Crippen LogP contribution < -0.4 is 0 Å². The quantitative estimate of drug-likeness (QED) is 0.623. The van der Waals surface area contributed by atoms with Gasteiger partial charge in [0.05, 0.1) is 12.0 Å². The molecule has 1 aliphatic rings. The Bertz CT molecular complexity index is 317. The Balaban J connectivity index is 2.31. The third kappa shape index (κ3) is 1.34. The third-order valence-electron chi connectivity index (χ3n) is 1.51. The maximum absolute atomic E-state index is 5.00. The predicted octanol–water partition coefficient (Wildman–Crippen LogP) is 1.57. The van der Waals surface area contributed by atoms with Crippen molar-refractivity contribution in [2.24, 2.45) is 0 Å². The van der Waals surface area contributed by atoms with Crippen molar-refractivity contribution in [3.63, 3.8) is 0 Å². The van der Waals surface area contributed by atoms with Gasteiger partial charge in [0.15, 0.2) is 6.61 Å². The molecular weight excluding hydrogens is 152 g/mol. The van der Waals surface area contributed by atoms with Gasteiger partial charge in [0, 0.05) is 11.8 Å². The smallest absolute Gasteiger partial charge is 0.166 e. The molecule has 12 heavy (non-hydrogen) atoms. The highest BCUT2D eigenvalue weighted by Gasteiger charge is 2.04. The van der Waals surface area contributed by atoms with E-state index in [4.69, 9.17) is 4.74 Å². The Morgan fingerprint density at radius 2 is 2.33 bits per heavy atom. The summed E-state index contributed by atoms with van der Waals surface area (Å²) in [6, 6.07) is 1.84. The summed E-state index contributed by atoms with van der Waals surface area (Å²) in [7, 11) is 0. The molecule has 0 spiro atoms. The topological polar surface area (TPSA) is 35.0 Å². The summed E-state index contributed by atoms with van der Waals surface area (Å²) in [5.41, 5.74) is 1.83. The largest absolute Gasteiger partial charge is 0.489 e. The molecule has 1 radical (unpaired) electrons. The number of ether oxygens (including phenoxy) is 1. The lowest BCUT2D eigenvalue weighted by Crippen LogP contribution is -1.93. The van der Waals surface area contributed by atoms with Crippen molar-refractivity contribution in [2.45, 2.75) is 0 Å². The van der Waals surface area contributed by atoms with Gasteiger partial charge in [-0.25, -0.2) is 9.97 Å². The molecule has 0 N–H and O–H groups in total. The van der Waals surface area contributed by atoms with E-state index < -0.39 is 0 Å². The molecule has 0 aliphatic carbocycles. The summed E-state index contributed by atoms with van der Waals surface area (Å²) >= 11 is 0. The van der Waals surface area contributed by atoms with Gasteiger partial charge in [-0.3, -0.25) is 0 Å². The van der Waals surface area contributed by atoms with E-state index in [1.165, 1.54) is 6.33 Å². The van der Waals surface area contributed by atoms with Crippen LogP contribution in [0, 0.1) is 6.61 Å². The van der Waals surface area contributed by atoms with E-state index >= 15 is 0 Å². The van der Waals surface area contributed by atoms with E-state index in [0.29, 0.717) is 0 Å². The van der Waals surface area contributed by atoms with E-state index in [0.717, 1.165) is 11.3 Å². The summed E-state index contributed by atoms with van der Waals surface area (Å²) in [5, 5.41) is 0. The van der Waals surface area contributed by atoms with Gasteiger partial charge in [0.25, 0.3) is 0 Å². The van der Waals surface area contributed by atoms with E-state index in [2.05, 4.69) is 9.97 Å². The van der Waals surface area contributed by atoms with Gasteiger partial charge < -0.3 is 4.74 Å². The molecule has 0 saturated carbocycles. The lowest BCUT2D eigenvalue weighted by atomic mass is 10.1. The van der Waals surface area contributed by atoms with Crippen molar-refractivity contribution in [2.75, 3.05) is 0 Å². The summed E-state index contributed by atoms with van der Waals surface area (Å²) in [5.74, 6) is 0. The molecule has 1 aromatic rings. The molecule has 0 atom stereocenters. The van der Waals surface area contributed by atoms with Crippen molar-refractivity contribution >= 4 is 5.57 Å². The van der Waals surface area contributed by atoms with Crippen LogP contribution in [-0.4, -0.2) is 9.97 Å². The zero-order valence-corrected chi connectivity index (χ0v) is 6.34. The number of rotatable bonds is 1. The molecule has 1 aliphatic heterocycles. The fourth-order valence-corrected chi connectivity index (χ4v) is 0.947. The van der Waals surface area contributed by atoms with Gasteiger partial charge in [0.2, 0.25) is 0 Å². The Labute approximate surface area is 70.4 Å². The second-order valence-corrected chi connectivity index (χ2v) is 2.30. The van der Waals surface area contributed by atoms with Crippen LogP contribution >= 0.6 is 0 Å². The highest BCUT2D eigenvalue weighted by atomic mass is 16.5. The third-order valence-corrected chi connectivity index (χ3v) is 1.51.